The van der Waals surface area contributed by atoms with E-state index in [1.165, 1.54) is 38.5 Å². The predicted molar refractivity (Wildman–Crippen MR) is 61.6 cm³/mol. The van der Waals surface area contributed by atoms with Gasteiger partial charge in [0.1, 0.15) is 0 Å². The number of amides is 1. The molecule has 0 aromatic rings. The number of carbonyl (C=O) groups excluding carboxylic acids is 1. The molecule has 0 spiro atoms. The average molecular weight is 209 g/mol. The van der Waals surface area contributed by atoms with Gasteiger partial charge < -0.3 is 4.90 Å². The zero-order chi connectivity index (χ0) is 10.7. The maximum atomic E-state index is 12.0. The molecule has 0 unspecified atom stereocenters. The van der Waals surface area contributed by atoms with Crippen LogP contribution in [0.15, 0.2) is 0 Å². The molecule has 1 amide bonds. The van der Waals surface area contributed by atoms with E-state index in [0.29, 0.717) is 11.8 Å². The Morgan fingerprint density at radius 3 is 2.53 bits per heavy atom. The van der Waals surface area contributed by atoms with Gasteiger partial charge in [0.25, 0.3) is 0 Å². The second-order valence-electron chi connectivity index (χ2n) is 5.44. The summed E-state index contributed by atoms with van der Waals surface area (Å²) in [6.07, 6.45) is 8.67. The van der Waals surface area contributed by atoms with E-state index in [1.807, 2.05) is 0 Å². The number of carbonyl (C=O) groups is 1. The molecule has 1 heterocycles. The number of nitrogens with zero attached hydrogens (tertiary/aromatic N) is 1. The van der Waals surface area contributed by atoms with Crippen LogP contribution in [0.1, 0.15) is 51.9 Å². The molecular formula is C13H23NO. The number of rotatable bonds is 2. The van der Waals surface area contributed by atoms with Crippen molar-refractivity contribution in [2.45, 2.75) is 51.9 Å². The highest BCUT2D eigenvalue weighted by molar-refractivity contribution is 5.76. The lowest BCUT2D eigenvalue weighted by molar-refractivity contribution is -0.131. The van der Waals surface area contributed by atoms with Crippen LogP contribution in [0.4, 0.5) is 0 Å². The second kappa shape index (κ2) is 5.00. The first-order chi connectivity index (χ1) is 7.25. The number of likely N-dealkylation sites (tertiary alicyclic amines) is 1. The first-order valence-electron chi connectivity index (χ1n) is 6.53. The third-order valence-corrected chi connectivity index (χ3v) is 3.96. The summed E-state index contributed by atoms with van der Waals surface area (Å²) in [5, 5.41) is 0. The molecule has 0 radical (unpaired) electrons. The molecular weight excluding hydrogens is 186 g/mol. The van der Waals surface area contributed by atoms with Crippen LogP contribution in [0.2, 0.25) is 0 Å². The van der Waals surface area contributed by atoms with Crippen molar-refractivity contribution in [3.63, 3.8) is 0 Å². The van der Waals surface area contributed by atoms with Gasteiger partial charge in [-0.15, -0.1) is 0 Å². The average Bonchev–Trinajstić information content (AvgIpc) is 2.66. The van der Waals surface area contributed by atoms with Gasteiger partial charge in [-0.05, 0) is 31.1 Å². The summed E-state index contributed by atoms with van der Waals surface area (Å²) in [5.74, 6) is 1.84. The zero-order valence-electron chi connectivity index (χ0n) is 9.87. The minimum atomic E-state index is 0.422. The topological polar surface area (TPSA) is 20.3 Å². The number of hydrogen-bond donors (Lipinski definition) is 0. The fourth-order valence-electron chi connectivity index (χ4n) is 2.93. The molecule has 86 valence electrons. The number of hydrogen-bond acceptors (Lipinski definition) is 1. The van der Waals surface area contributed by atoms with Gasteiger partial charge in [0.2, 0.25) is 5.91 Å². The highest BCUT2D eigenvalue weighted by atomic mass is 16.2. The standard InChI is InChI=1S/C13H23NO/c1-11-7-8-14(10-11)13(15)9-12-5-3-2-4-6-12/h11-12H,2-10H2,1H3/t11-/m1/s1. The minimum absolute atomic E-state index is 0.422. The largest absolute Gasteiger partial charge is 0.342 e. The Morgan fingerprint density at radius 1 is 1.20 bits per heavy atom. The van der Waals surface area contributed by atoms with Crippen molar-refractivity contribution in [1.29, 1.82) is 0 Å². The molecule has 0 aromatic carbocycles. The Balaban J connectivity index is 1.76. The van der Waals surface area contributed by atoms with Crippen LogP contribution in [0.3, 0.4) is 0 Å². The summed E-state index contributed by atoms with van der Waals surface area (Å²) in [5.41, 5.74) is 0. The Kier molecular flexibility index (Phi) is 3.66. The van der Waals surface area contributed by atoms with Crippen LogP contribution >= 0.6 is 0 Å². The monoisotopic (exact) mass is 209 g/mol. The molecule has 2 nitrogen and oxygen atoms in total. The normalized spacial score (nSPS) is 28.3. The molecule has 0 aromatic heterocycles. The predicted octanol–water partition coefficient (Wildman–Crippen LogP) is 2.83. The Labute approximate surface area is 93.0 Å². The van der Waals surface area contributed by atoms with E-state index in [1.54, 1.807) is 0 Å². The first-order valence-corrected chi connectivity index (χ1v) is 6.53. The summed E-state index contributed by atoms with van der Waals surface area (Å²) in [4.78, 5) is 14.1. The lowest BCUT2D eigenvalue weighted by Crippen LogP contribution is -2.30. The molecule has 2 heteroatoms. The van der Waals surface area contributed by atoms with E-state index in [9.17, 15) is 4.79 Å². The fourth-order valence-corrected chi connectivity index (χ4v) is 2.93. The molecule has 0 bridgehead atoms. The highest BCUT2D eigenvalue weighted by Gasteiger charge is 2.25. The van der Waals surface area contributed by atoms with E-state index in [2.05, 4.69) is 11.8 Å². The Morgan fingerprint density at radius 2 is 1.93 bits per heavy atom. The van der Waals surface area contributed by atoms with Gasteiger partial charge in [-0.2, -0.15) is 0 Å². The van der Waals surface area contributed by atoms with Crippen LogP contribution < -0.4 is 0 Å². The van der Waals surface area contributed by atoms with E-state index < -0.39 is 0 Å². The Hall–Kier alpha value is -0.530. The zero-order valence-corrected chi connectivity index (χ0v) is 9.87. The third-order valence-electron chi connectivity index (χ3n) is 3.96. The summed E-state index contributed by atoms with van der Waals surface area (Å²) >= 11 is 0. The van der Waals surface area contributed by atoms with Crippen molar-refractivity contribution in [1.82, 2.24) is 4.90 Å². The molecule has 2 fully saturated rings. The lowest BCUT2D eigenvalue weighted by atomic mass is 9.87. The van der Waals surface area contributed by atoms with Crippen LogP contribution in [0.5, 0.6) is 0 Å². The van der Waals surface area contributed by atoms with Crippen molar-refractivity contribution < 1.29 is 4.79 Å². The van der Waals surface area contributed by atoms with Gasteiger partial charge in [-0.25, -0.2) is 0 Å². The minimum Gasteiger partial charge on any atom is -0.342 e. The van der Waals surface area contributed by atoms with Crippen molar-refractivity contribution in [3.05, 3.63) is 0 Å². The van der Waals surface area contributed by atoms with E-state index >= 15 is 0 Å². The van der Waals surface area contributed by atoms with Crippen LogP contribution in [0, 0.1) is 11.8 Å². The molecule has 15 heavy (non-hydrogen) atoms. The fraction of sp³-hybridized carbons (Fsp3) is 0.923. The van der Waals surface area contributed by atoms with Gasteiger partial charge in [-0.3, -0.25) is 4.79 Å². The summed E-state index contributed by atoms with van der Waals surface area (Å²) < 4.78 is 0. The van der Waals surface area contributed by atoms with Gasteiger partial charge in [0.05, 0.1) is 0 Å². The quantitative estimate of drug-likeness (QED) is 0.685. The van der Waals surface area contributed by atoms with Crippen LogP contribution in [-0.2, 0) is 4.79 Å². The van der Waals surface area contributed by atoms with Crippen LogP contribution in [-0.4, -0.2) is 23.9 Å². The molecule has 1 aliphatic heterocycles. The maximum Gasteiger partial charge on any atom is 0.222 e. The molecule has 1 aliphatic carbocycles. The van der Waals surface area contributed by atoms with E-state index in [4.69, 9.17) is 0 Å². The van der Waals surface area contributed by atoms with E-state index in [0.717, 1.165) is 25.4 Å². The SMILES string of the molecule is C[C@@H]1CCN(C(=O)CC2CCCCC2)C1. The highest BCUT2D eigenvalue weighted by Crippen LogP contribution is 2.27. The summed E-state index contributed by atoms with van der Waals surface area (Å²) in [7, 11) is 0. The lowest BCUT2D eigenvalue weighted by Gasteiger charge is -2.24. The second-order valence-corrected chi connectivity index (χ2v) is 5.44. The van der Waals surface area contributed by atoms with Crippen molar-refractivity contribution >= 4 is 5.91 Å². The Bertz CT molecular complexity index is 221. The van der Waals surface area contributed by atoms with Crippen molar-refractivity contribution in [2.75, 3.05) is 13.1 Å². The smallest absolute Gasteiger partial charge is 0.222 e. The maximum absolute atomic E-state index is 12.0. The first kappa shape index (κ1) is 11.0. The van der Waals surface area contributed by atoms with Gasteiger partial charge in [0, 0.05) is 19.5 Å². The van der Waals surface area contributed by atoms with E-state index in [-0.39, 0.29) is 0 Å². The molecule has 0 N–H and O–H groups in total. The molecule has 1 atom stereocenters. The van der Waals surface area contributed by atoms with Gasteiger partial charge in [0.15, 0.2) is 0 Å². The molecule has 1 saturated heterocycles. The molecule has 1 saturated carbocycles. The summed E-state index contributed by atoms with van der Waals surface area (Å²) in [6.45, 7) is 4.26. The van der Waals surface area contributed by atoms with Crippen molar-refractivity contribution in [2.24, 2.45) is 11.8 Å². The third kappa shape index (κ3) is 2.96. The van der Waals surface area contributed by atoms with Crippen molar-refractivity contribution in [3.8, 4) is 0 Å². The molecule has 2 rings (SSSR count). The van der Waals surface area contributed by atoms with Gasteiger partial charge in [-0.1, -0.05) is 26.2 Å². The summed E-state index contributed by atoms with van der Waals surface area (Å²) in [6, 6.07) is 0. The molecule has 2 aliphatic rings. The van der Waals surface area contributed by atoms with Gasteiger partial charge >= 0.3 is 0 Å². The van der Waals surface area contributed by atoms with Crippen LogP contribution in [0.25, 0.3) is 0 Å².